The van der Waals surface area contributed by atoms with Gasteiger partial charge in [0.05, 0.1) is 0 Å². The van der Waals surface area contributed by atoms with Gasteiger partial charge in [0.25, 0.3) is 0 Å². The highest BCUT2D eigenvalue weighted by Gasteiger charge is 2.26. The molecule has 1 aliphatic rings. The highest BCUT2D eigenvalue weighted by atomic mass is 32.1. The second-order valence-electron chi connectivity index (χ2n) is 5.21. The maximum atomic E-state index is 11.7. The summed E-state index contributed by atoms with van der Waals surface area (Å²) in [6.45, 7) is 5.93. The molecule has 1 aliphatic heterocycles. The zero-order valence-corrected chi connectivity index (χ0v) is 11.9. The van der Waals surface area contributed by atoms with Crippen LogP contribution in [-0.4, -0.2) is 30.0 Å². The molecule has 1 unspecified atom stereocenters. The first-order chi connectivity index (χ1) is 8.66. The second kappa shape index (κ2) is 6.18. The molecule has 2 heterocycles. The molecule has 1 fully saturated rings. The molecule has 100 valence electrons. The van der Waals surface area contributed by atoms with E-state index >= 15 is 0 Å². The van der Waals surface area contributed by atoms with Crippen molar-refractivity contribution in [3.05, 3.63) is 11.6 Å². The molecule has 0 spiro atoms. The average molecular weight is 267 g/mol. The van der Waals surface area contributed by atoms with E-state index in [1.807, 2.05) is 11.6 Å². The fraction of sp³-hybridized carbons (Fsp3) is 0.692. The van der Waals surface area contributed by atoms with Crippen LogP contribution in [0.15, 0.2) is 11.6 Å². The van der Waals surface area contributed by atoms with Crippen LogP contribution in [0.3, 0.4) is 0 Å². The third kappa shape index (κ3) is 3.45. The molecule has 2 rings (SSSR count). The molecule has 0 saturated carbocycles. The molecule has 1 aromatic rings. The summed E-state index contributed by atoms with van der Waals surface area (Å²) >= 11 is 1.67. The molecule has 1 atom stereocenters. The van der Waals surface area contributed by atoms with E-state index in [2.05, 4.69) is 29.0 Å². The molecule has 18 heavy (non-hydrogen) atoms. The van der Waals surface area contributed by atoms with E-state index in [1.54, 1.807) is 11.3 Å². The van der Waals surface area contributed by atoms with Crippen LogP contribution in [0.1, 0.15) is 33.1 Å². The van der Waals surface area contributed by atoms with E-state index in [9.17, 15) is 4.79 Å². The topological polar surface area (TPSA) is 45.2 Å². The van der Waals surface area contributed by atoms with E-state index in [0.29, 0.717) is 18.4 Å². The third-order valence-electron chi connectivity index (χ3n) is 3.17. The second-order valence-corrected chi connectivity index (χ2v) is 6.08. The first-order valence-corrected chi connectivity index (χ1v) is 7.47. The lowest BCUT2D eigenvalue weighted by Gasteiger charge is -2.24. The minimum atomic E-state index is 0.163. The van der Waals surface area contributed by atoms with Gasteiger partial charge in [-0.15, -0.1) is 11.3 Å². The van der Waals surface area contributed by atoms with Crippen LogP contribution < -0.4 is 10.2 Å². The molecule has 1 saturated heterocycles. The number of aromatic nitrogens is 1. The van der Waals surface area contributed by atoms with Gasteiger partial charge in [-0.25, -0.2) is 4.98 Å². The van der Waals surface area contributed by atoms with Crippen LogP contribution in [0.2, 0.25) is 0 Å². The van der Waals surface area contributed by atoms with Gasteiger partial charge in [-0.1, -0.05) is 13.8 Å². The van der Waals surface area contributed by atoms with Crippen molar-refractivity contribution in [1.29, 1.82) is 0 Å². The van der Waals surface area contributed by atoms with Gasteiger partial charge in [0.15, 0.2) is 5.13 Å². The molecular formula is C13H21N3OS. The predicted molar refractivity (Wildman–Crippen MR) is 74.9 cm³/mol. The largest absolute Gasteiger partial charge is 0.354 e. The van der Waals surface area contributed by atoms with Gasteiger partial charge in [0, 0.05) is 37.1 Å². The van der Waals surface area contributed by atoms with Crippen molar-refractivity contribution in [1.82, 2.24) is 10.3 Å². The van der Waals surface area contributed by atoms with Crippen molar-refractivity contribution in [3.8, 4) is 0 Å². The number of carbonyl (C=O) groups is 1. The van der Waals surface area contributed by atoms with Crippen LogP contribution in [-0.2, 0) is 4.79 Å². The summed E-state index contributed by atoms with van der Waals surface area (Å²) < 4.78 is 0. The van der Waals surface area contributed by atoms with Crippen molar-refractivity contribution in [2.24, 2.45) is 5.92 Å². The number of rotatable bonds is 5. The molecule has 0 radical (unpaired) electrons. The van der Waals surface area contributed by atoms with Gasteiger partial charge in [-0.3, -0.25) is 4.79 Å². The molecule has 5 heteroatoms. The Morgan fingerprint density at radius 2 is 2.50 bits per heavy atom. The van der Waals surface area contributed by atoms with E-state index < -0.39 is 0 Å². The molecule has 1 N–H and O–H groups in total. The number of nitrogens with zero attached hydrogens (tertiary/aromatic N) is 2. The summed E-state index contributed by atoms with van der Waals surface area (Å²) in [6, 6.07) is 0.410. The highest BCUT2D eigenvalue weighted by Crippen LogP contribution is 2.26. The smallest absolute Gasteiger partial charge is 0.220 e. The molecule has 0 bridgehead atoms. The highest BCUT2D eigenvalue weighted by molar-refractivity contribution is 7.13. The Balaban J connectivity index is 1.83. The Kier molecular flexibility index (Phi) is 4.58. The normalized spacial score (nSPS) is 19.5. The summed E-state index contributed by atoms with van der Waals surface area (Å²) in [5.41, 5.74) is 0. The monoisotopic (exact) mass is 267 g/mol. The first kappa shape index (κ1) is 13.3. The Bertz CT molecular complexity index is 378. The van der Waals surface area contributed by atoms with Crippen molar-refractivity contribution >= 4 is 22.4 Å². The van der Waals surface area contributed by atoms with E-state index in [4.69, 9.17) is 0 Å². The number of amides is 1. The zero-order chi connectivity index (χ0) is 13.0. The number of hydrogen-bond donors (Lipinski definition) is 1. The quantitative estimate of drug-likeness (QED) is 0.890. The van der Waals surface area contributed by atoms with Gasteiger partial charge in [0.1, 0.15) is 0 Å². The van der Waals surface area contributed by atoms with Crippen LogP contribution in [0, 0.1) is 5.92 Å². The van der Waals surface area contributed by atoms with Gasteiger partial charge in [-0.05, 0) is 18.8 Å². The lowest BCUT2D eigenvalue weighted by atomic mass is 10.1. The molecular weight excluding hydrogens is 246 g/mol. The van der Waals surface area contributed by atoms with Crippen LogP contribution in [0.5, 0.6) is 0 Å². The number of carbonyl (C=O) groups excluding carboxylic acids is 1. The standard InChI is InChI=1S/C13H21N3OS/c1-10(2)8-12(17)15-9-11-4-3-6-16(11)13-14-5-7-18-13/h5,7,10-11H,3-4,6,8-9H2,1-2H3,(H,15,17). The van der Waals surface area contributed by atoms with Gasteiger partial charge in [0.2, 0.25) is 5.91 Å². The molecule has 0 aromatic carbocycles. The third-order valence-corrected chi connectivity index (χ3v) is 3.98. The lowest BCUT2D eigenvalue weighted by Crippen LogP contribution is -2.40. The Labute approximate surface area is 112 Å². The fourth-order valence-electron chi connectivity index (χ4n) is 2.33. The van der Waals surface area contributed by atoms with Crippen molar-refractivity contribution in [3.63, 3.8) is 0 Å². The minimum absolute atomic E-state index is 0.163. The van der Waals surface area contributed by atoms with E-state index in [1.165, 1.54) is 6.42 Å². The predicted octanol–water partition coefficient (Wildman–Crippen LogP) is 2.27. The van der Waals surface area contributed by atoms with Gasteiger partial charge >= 0.3 is 0 Å². The summed E-state index contributed by atoms with van der Waals surface area (Å²) in [5, 5.41) is 6.13. The molecule has 0 aliphatic carbocycles. The van der Waals surface area contributed by atoms with E-state index in [-0.39, 0.29) is 5.91 Å². The van der Waals surface area contributed by atoms with E-state index in [0.717, 1.165) is 24.6 Å². The van der Waals surface area contributed by atoms with Crippen molar-refractivity contribution in [2.75, 3.05) is 18.0 Å². The SMILES string of the molecule is CC(C)CC(=O)NCC1CCCN1c1nccs1. The summed E-state index contributed by atoms with van der Waals surface area (Å²) in [7, 11) is 0. The van der Waals surface area contributed by atoms with Crippen LogP contribution in [0.4, 0.5) is 5.13 Å². The number of anilines is 1. The first-order valence-electron chi connectivity index (χ1n) is 6.59. The number of nitrogens with one attached hydrogen (secondary N) is 1. The summed E-state index contributed by atoms with van der Waals surface area (Å²) in [4.78, 5) is 18.3. The summed E-state index contributed by atoms with van der Waals surface area (Å²) in [5.74, 6) is 0.583. The molecule has 1 amide bonds. The Morgan fingerprint density at radius 1 is 1.67 bits per heavy atom. The van der Waals surface area contributed by atoms with Crippen molar-refractivity contribution in [2.45, 2.75) is 39.2 Å². The lowest BCUT2D eigenvalue weighted by molar-refractivity contribution is -0.121. The molecule has 1 aromatic heterocycles. The van der Waals surface area contributed by atoms with Crippen molar-refractivity contribution < 1.29 is 4.79 Å². The summed E-state index contributed by atoms with van der Waals surface area (Å²) in [6.07, 6.45) is 4.78. The maximum absolute atomic E-state index is 11.7. The minimum Gasteiger partial charge on any atom is -0.354 e. The zero-order valence-electron chi connectivity index (χ0n) is 11.1. The van der Waals surface area contributed by atoms with Crippen LogP contribution >= 0.6 is 11.3 Å². The fourth-order valence-corrected chi connectivity index (χ4v) is 3.07. The Hall–Kier alpha value is -1.10. The number of hydrogen-bond acceptors (Lipinski definition) is 4. The average Bonchev–Trinajstić information content (AvgIpc) is 2.96. The van der Waals surface area contributed by atoms with Crippen LogP contribution in [0.25, 0.3) is 0 Å². The number of thiazole rings is 1. The molecule has 4 nitrogen and oxygen atoms in total. The van der Waals surface area contributed by atoms with Gasteiger partial charge < -0.3 is 10.2 Å². The van der Waals surface area contributed by atoms with Gasteiger partial charge in [-0.2, -0.15) is 0 Å². The maximum Gasteiger partial charge on any atom is 0.220 e. The Morgan fingerprint density at radius 3 is 3.17 bits per heavy atom.